The average Bonchev–Trinajstić information content (AvgIpc) is 2.46. The maximum absolute atomic E-state index is 9.21. The Morgan fingerprint density at radius 2 is 2.00 bits per heavy atom. The van der Waals surface area contributed by atoms with Crippen LogP contribution in [0.5, 0.6) is 0 Å². The molecule has 3 nitrogen and oxygen atoms in total. The lowest BCUT2D eigenvalue weighted by Gasteiger charge is -2.37. The molecule has 0 aliphatic heterocycles. The van der Waals surface area contributed by atoms with Gasteiger partial charge in [-0.1, -0.05) is 30.7 Å². The maximum Gasteiger partial charge on any atom is 0.0558 e. The molecule has 0 unspecified atom stereocenters. The third-order valence-electron chi connectivity index (χ3n) is 4.62. The van der Waals surface area contributed by atoms with Crippen LogP contribution in [0.2, 0.25) is 0 Å². The molecule has 0 atom stereocenters. The largest absolute Gasteiger partial charge is 0.395 e. The fourth-order valence-corrected chi connectivity index (χ4v) is 3.21. The van der Waals surface area contributed by atoms with Crippen molar-refractivity contribution in [3.05, 3.63) is 42.2 Å². The summed E-state index contributed by atoms with van der Waals surface area (Å²) in [5.74, 6) is 0. The van der Waals surface area contributed by atoms with Gasteiger partial charge in [-0.2, -0.15) is 0 Å². The second kappa shape index (κ2) is 7.01. The van der Waals surface area contributed by atoms with Gasteiger partial charge in [-0.3, -0.25) is 9.88 Å². The predicted molar refractivity (Wildman–Crippen MR) is 86.4 cm³/mol. The van der Waals surface area contributed by atoms with Crippen LogP contribution in [0.1, 0.15) is 31.2 Å². The summed E-state index contributed by atoms with van der Waals surface area (Å²) < 4.78 is 0. The van der Waals surface area contributed by atoms with Gasteiger partial charge in [0.2, 0.25) is 0 Å². The molecule has 1 aliphatic rings. The molecule has 1 aromatic heterocycles. The lowest BCUT2D eigenvalue weighted by Crippen LogP contribution is -2.42. The van der Waals surface area contributed by atoms with Gasteiger partial charge < -0.3 is 5.11 Å². The summed E-state index contributed by atoms with van der Waals surface area (Å²) in [5, 5.41) is 11.8. The van der Waals surface area contributed by atoms with E-state index >= 15 is 0 Å². The summed E-state index contributed by atoms with van der Waals surface area (Å²) >= 11 is 0. The number of nitrogens with zero attached hydrogens (tertiary/aromatic N) is 2. The zero-order chi connectivity index (χ0) is 14.5. The highest BCUT2D eigenvalue weighted by Gasteiger charge is 2.23. The quantitative estimate of drug-likeness (QED) is 0.849. The van der Waals surface area contributed by atoms with Gasteiger partial charge in [0, 0.05) is 30.4 Å². The molecule has 1 N–H and O–H groups in total. The number of rotatable bonds is 7. The molecular formula is C18H24N2O. The molecule has 1 heterocycles. The number of aliphatic hydroxyl groups excluding tert-OH is 1. The Morgan fingerprint density at radius 1 is 1.14 bits per heavy atom. The van der Waals surface area contributed by atoms with E-state index in [-0.39, 0.29) is 6.61 Å². The van der Waals surface area contributed by atoms with Crippen molar-refractivity contribution in [2.24, 2.45) is 0 Å². The molecule has 2 aromatic rings. The highest BCUT2D eigenvalue weighted by Crippen LogP contribution is 2.25. The van der Waals surface area contributed by atoms with Crippen molar-refractivity contribution < 1.29 is 5.11 Å². The molecule has 0 bridgehead atoms. The van der Waals surface area contributed by atoms with Crippen molar-refractivity contribution in [3.8, 4) is 0 Å². The number of aromatic nitrogens is 1. The molecule has 112 valence electrons. The van der Waals surface area contributed by atoms with E-state index in [0.29, 0.717) is 6.04 Å². The molecule has 0 radical (unpaired) electrons. The molecule has 21 heavy (non-hydrogen) atoms. The summed E-state index contributed by atoms with van der Waals surface area (Å²) in [6.45, 7) is 2.17. The van der Waals surface area contributed by atoms with Crippen LogP contribution in [0.15, 0.2) is 36.7 Å². The molecule has 0 spiro atoms. The van der Waals surface area contributed by atoms with Gasteiger partial charge >= 0.3 is 0 Å². The summed E-state index contributed by atoms with van der Waals surface area (Å²) in [5.41, 5.74) is 1.34. The fourth-order valence-electron chi connectivity index (χ4n) is 3.21. The highest BCUT2D eigenvalue weighted by molar-refractivity contribution is 5.84. The molecule has 3 rings (SSSR count). The van der Waals surface area contributed by atoms with Gasteiger partial charge in [0.05, 0.1) is 6.61 Å². The Hall–Kier alpha value is -1.45. The molecule has 3 heteroatoms. The van der Waals surface area contributed by atoms with Crippen LogP contribution in [-0.4, -0.2) is 40.7 Å². The average molecular weight is 284 g/mol. The number of benzene rings is 1. The van der Waals surface area contributed by atoms with Crippen LogP contribution in [0.25, 0.3) is 10.8 Å². The van der Waals surface area contributed by atoms with Gasteiger partial charge in [0.15, 0.2) is 0 Å². The Bertz CT molecular complexity index is 575. The van der Waals surface area contributed by atoms with Gasteiger partial charge in [0.1, 0.15) is 0 Å². The Kier molecular flexibility index (Phi) is 4.84. The van der Waals surface area contributed by atoms with Crippen LogP contribution in [0, 0.1) is 0 Å². The third-order valence-corrected chi connectivity index (χ3v) is 4.62. The van der Waals surface area contributed by atoms with Crippen molar-refractivity contribution >= 4 is 10.8 Å². The summed E-state index contributed by atoms with van der Waals surface area (Å²) in [7, 11) is 0. The first kappa shape index (κ1) is 14.5. The number of aliphatic hydroxyl groups is 1. The number of hydrogen-bond donors (Lipinski definition) is 1. The molecular weight excluding hydrogens is 260 g/mol. The second-order valence-electron chi connectivity index (χ2n) is 5.97. The van der Waals surface area contributed by atoms with Gasteiger partial charge in [0.25, 0.3) is 0 Å². The smallest absolute Gasteiger partial charge is 0.0558 e. The minimum atomic E-state index is 0.270. The van der Waals surface area contributed by atoms with Crippen LogP contribution >= 0.6 is 0 Å². The first-order valence-corrected chi connectivity index (χ1v) is 8.05. The molecule has 0 saturated heterocycles. The second-order valence-corrected chi connectivity index (χ2v) is 5.97. The number of fused-ring (bicyclic) bond motifs is 1. The lowest BCUT2D eigenvalue weighted by atomic mass is 9.91. The fraction of sp³-hybridized carbons (Fsp3) is 0.500. The van der Waals surface area contributed by atoms with Gasteiger partial charge in [-0.15, -0.1) is 0 Å². The maximum atomic E-state index is 9.21. The van der Waals surface area contributed by atoms with Gasteiger partial charge in [-0.25, -0.2) is 0 Å². The summed E-state index contributed by atoms with van der Waals surface area (Å²) in [4.78, 5) is 6.82. The zero-order valence-electron chi connectivity index (χ0n) is 12.5. The third kappa shape index (κ3) is 3.42. The zero-order valence-corrected chi connectivity index (χ0v) is 12.5. The van der Waals surface area contributed by atoms with Crippen molar-refractivity contribution in [3.63, 3.8) is 0 Å². The number of pyridine rings is 1. The highest BCUT2D eigenvalue weighted by atomic mass is 16.3. The van der Waals surface area contributed by atoms with Crippen molar-refractivity contribution in [1.29, 1.82) is 0 Å². The van der Waals surface area contributed by atoms with E-state index in [1.54, 1.807) is 0 Å². The van der Waals surface area contributed by atoms with Crippen molar-refractivity contribution in [1.82, 2.24) is 9.88 Å². The number of hydrogen-bond acceptors (Lipinski definition) is 3. The molecule has 1 aromatic carbocycles. The van der Waals surface area contributed by atoms with E-state index < -0.39 is 0 Å². The van der Waals surface area contributed by atoms with E-state index in [9.17, 15) is 5.11 Å². The van der Waals surface area contributed by atoms with Crippen LogP contribution in [-0.2, 0) is 6.42 Å². The monoisotopic (exact) mass is 284 g/mol. The SMILES string of the molecule is OCCN(CCCc1cncc2ccccc12)C1CCC1. The molecule has 1 saturated carbocycles. The van der Waals surface area contributed by atoms with E-state index in [4.69, 9.17) is 0 Å². The molecule has 1 fully saturated rings. The molecule has 0 amide bonds. The summed E-state index contributed by atoms with van der Waals surface area (Å²) in [6.07, 6.45) is 10.1. The minimum absolute atomic E-state index is 0.270. The standard InChI is InChI=1S/C18H24N2O/c21-12-11-20(17-7-3-8-17)10-4-6-16-14-19-13-15-5-1-2-9-18(15)16/h1-2,5,9,13-14,17,21H,3-4,6-8,10-12H2. The number of aryl methyl sites for hydroxylation is 1. The first-order valence-electron chi connectivity index (χ1n) is 8.05. The topological polar surface area (TPSA) is 36.4 Å². The predicted octanol–water partition coefficient (Wildman–Crippen LogP) is 3.01. The first-order chi connectivity index (χ1) is 10.4. The van der Waals surface area contributed by atoms with E-state index in [1.165, 1.54) is 35.6 Å². The van der Waals surface area contributed by atoms with Crippen molar-refractivity contribution in [2.45, 2.75) is 38.1 Å². The van der Waals surface area contributed by atoms with Crippen molar-refractivity contribution in [2.75, 3.05) is 19.7 Å². The normalized spacial score (nSPS) is 15.5. The lowest BCUT2D eigenvalue weighted by molar-refractivity contribution is 0.100. The Labute approximate surface area is 126 Å². The van der Waals surface area contributed by atoms with Gasteiger partial charge in [-0.05, 0) is 43.2 Å². The van der Waals surface area contributed by atoms with E-state index in [0.717, 1.165) is 25.9 Å². The molecule has 1 aliphatic carbocycles. The van der Waals surface area contributed by atoms with E-state index in [1.807, 2.05) is 12.4 Å². The van der Waals surface area contributed by atoms with E-state index in [2.05, 4.69) is 34.1 Å². The van der Waals surface area contributed by atoms with Crippen LogP contribution in [0.3, 0.4) is 0 Å². The van der Waals surface area contributed by atoms with Crippen LogP contribution < -0.4 is 0 Å². The Balaban J connectivity index is 1.60. The minimum Gasteiger partial charge on any atom is -0.395 e. The van der Waals surface area contributed by atoms with Crippen LogP contribution in [0.4, 0.5) is 0 Å². The summed E-state index contributed by atoms with van der Waals surface area (Å²) in [6, 6.07) is 9.18. The Morgan fingerprint density at radius 3 is 2.76 bits per heavy atom.